The molecule has 0 spiro atoms. The Balaban J connectivity index is 1.84. The van der Waals surface area contributed by atoms with E-state index < -0.39 is 0 Å². The molecule has 0 aliphatic carbocycles. The smallest absolute Gasteiger partial charge is 0.161 e. The van der Waals surface area contributed by atoms with Crippen LogP contribution in [0.5, 0.6) is 11.5 Å². The molecule has 3 aromatic rings. The minimum absolute atomic E-state index is 0.148. The highest BCUT2D eigenvalue weighted by atomic mass is 16.5. The van der Waals surface area contributed by atoms with Crippen LogP contribution in [0.4, 0.5) is 5.69 Å². The van der Waals surface area contributed by atoms with Crippen LogP contribution in [0.25, 0.3) is 11.3 Å². The lowest BCUT2D eigenvalue weighted by Gasteiger charge is -2.29. The van der Waals surface area contributed by atoms with Crippen LogP contribution >= 0.6 is 0 Å². The predicted molar refractivity (Wildman–Crippen MR) is 98.2 cm³/mol. The summed E-state index contributed by atoms with van der Waals surface area (Å²) in [7, 11) is 0. The maximum absolute atomic E-state index is 9.98. The molecule has 2 heterocycles. The number of nitrogens with one attached hydrogen (secondary N) is 1. The zero-order valence-electron chi connectivity index (χ0n) is 14.6. The van der Waals surface area contributed by atoms with Gasteiger partial charge in [-0.15, -0.1) is 0 Å². The van der Waals surface area contributed by atoms with Crippen molar-refractivity contribution in [3.63, 3.8) is 0 Å². The molecule has 1 atom stereocenters. The molecule has 0 fully saturated rings. The van der Waals surface area contributed by atoms with Gasteiger partial charge in [0.05, 0.1) is 18.0 Å². The summed E-state index contributed by atoms with van der Waals surface area (Å²) in [5.74, 6) is 0.635. The van der Waals surface area contributed by atoms with E-state index in [1.807, 2.05) is 30.7 Å². The van der Waals surface area contributed by atoms with Crippen LogP contribution in [-0.4, -0.2) is 21.5 Å². The van der Waals surface area contributed by atoms with Crippen molar-refractivity contribution in [3.8, 4) is 22.8 Å². The minimum Gasteiger partial charge on any atom is -0.504 e. The number of hydrogen-bond acceptors (Lipinski definition) is 4. The van der Waals surface area contributed by atoms with E-state index in [2.05, 4.69) is 41.6 Å². The van der Waals surface area contributed by atoms with E-state index in [4.69, 9.17) is 4.74 Å². The fourth-order valence-electron chi connectivity index (χ4n) is 3.32. The third kappa shape index (κ3) is 2.61. The van der Waals surface area contributed by atoms with Crippen LogP contribution in [0.1, 0.15) is 29.9 Å². The molecule has 1 aliphatic rings. The number of hydrogen-bond donors (Lipinski definition) is 2. The molecule has 5 nitrogen and oxygen atoms in total. The number of phenols is 1. The van der Waals surface area contributed by atoms with Crippen LogP contribution in [-0.2, 0) is 0 Å². The highest BCUT2D eigenvalue weighted by Crippen LogP contribution is 2.40. The molecule has 25 heavy (non-hydrogen) atoms. The van der Waals surface area contributed by atoms with E-state index >= 15 is 0 Å². The number of benzene rings is 2. The van der Waals surface area contributed by atoms with E-state index in [9.17, 15) is 5.11 Å². The van der Waals surface area contributed by atoms with Gasteiger partial charge in [0.15, 0.2) is 11.5 Å². The summed E-state index contributed by atoms with van der Waals surface area (Å²) >= 11 is 0. The largest absolute Gasteiger partial charge is 0.504 e. The molecule has 1 aromatic heterocycles. The first kappa shape index (κ1) is 15.6. The molecular weight excluding hydrogens is 314 g/mol. The van der Waals surface area contributed by atoms with E-state index in [1.165, 1.54) is 5.56 Å². The number of phenolic OH excluding ortho intramolecular Hbond substituents is 1. The first-order valence-corrected chi connectivity index (χ1v) is 8.46. The number of anilines is 1. The highest BCUT2D eigenvalue weighted by molar-refractivity contribution is 5.79. The van der Waals surface area contributed by atoms with Gasteiger partial charge < -0.3 is 15.2 Å². The molecule has 0 radical (unpaired) electrons. The quantitative estimate of drug-likeness (QED) is 0.751. The molecule has 128 valence electrons. The first-order chi connectivity index (χ1) is 12.1. The summed E-state index contributed by atoms with van der Waals surface area (Å²) in [6, 6.07) is 13.9. The van der Waals surface area contributed by atoms with Crippen LogP contribution in [0.3, 0.4) is 0 Å². The minimum atomic E-state index is -0.154. The normalized spacial score (nSPS) is 15.2. The monoisotopic (exact) mass is 335 g/mol. The Morgan fingerprint density at radius 3 is 2.80 bits per heavy atom. The molecule has 4 rings (SSSR count). The van der Waals surface area contributed by atoms with Gasteiger partial charge in [-0.1, -0.05) is 17.7 Å². The lowest BCUT2D eigenvalue weighted by molar-refractivity contribution is 0.317. The van der Waals surface area contributed by atoms with Crippen molar-refractivity contribution in [3.05, 3.63) is 59.3 Å². The predicted octanol–water partition coefficient (Wildman–Crippen LogP) is 4.24. The van der Waals surface area contributed by atoms with Gasteiger partial charge in [-0.05, 0) is 51.1 Å². The van der Waals surface area contributed by atoms with Gasteiger partial charge in [0.25, 0.3) is 0 Å². The lowest BCUT2D eigenvalue weighted by Crippen LogP contribution is -2.25. The van der Waals surface area contributed by atoms with Crippen molar-refractivity contribution in [2.75, 3.05) is 11.9 Å². The van der Waals surface area contributed by atoms with Crippen LogP contribution < -0.4 is 10.1 Å². The van der Waals surface area contributed by atoms with Crippen LogP contribution in [0.2, 0.25) is 0 Å². The van der Waals surface area contributed by atoms with Gasteiger partial charge in [0, 0.05) is 16.8 Å². The first-order valence-electron chi connectivity index (χ1n) is 8.46. The molecule has 5 heteroatoms. The number of aromatic nitrogens is 2. The molecule has 2 N–H and O–H groups in total. The number of aryl methyl sites for hydroxylation is 2. The summed E-state index contributed by atoms with van der Waals surface area (Å²) in [5, 5.41) is 18.2. The fraction of sp³-hybridized carbons (Fsp3) is 0.250. The Kier molecular flexibility index (Phi) is 3.64. The van der Waals surface area contributed by atoms with E-state index in [0.29, 0.717) is 12.4 Å². The number of aromatic hydroxyl groups is 1. The summed E-state index contributed by atoms with van der Waals surface area (Å²) < 4.78 is 7.54. The Labute approximate surface area is 146 Å². The summed E-state index contributed by atoms with van der Waals surface area (Å²) in [4.78, 5) is 0. The third-order valence-corrected chi connectivity index (χ3v) is 4.45. The summed E-state index contributed by atoms with van der Waals surface area (Å²) in [6.45, 7) is 6.50. The molecule has 0 saturated carbocycles. The topological polar surface area (TPSA) is 59.3 Å². The second-order valence-electron chi connectivity index (χ2n) is 6.37. The molecule has 0 amide bonds. The Hall–Kier alpha value is -2.95. The van der Waals surface area contributed by atoms with Gasteiger partial charge in [-0.2, -0.15) is 5.10 Å². The van der Waals surface area contributed by atoms with E-state index in [-0.39, 0.29) is 11.9 Å². The maximum atomic E-state index is 9.98. The van der Waals surface area contributed by atoms with Crippen LogP contribution in [0.15, 0.2) is 42.5 Å². The summed E-state index contributed by atoms with van der Waals surface area (Å²) in [6.07, 6.45) is -0.154. The molecule has 1 unspecified atom stereocenters. The molecule has 2 aromatic carbocycles. The average molecular weight is 335 g/mol. The SMILES string of the molecule is CCOc1cc(C2Nc3ccc(C)cc3-c3cc(C)nn32)ccc1O. The zero-order chi connectivity index (χ0) is 17.6. The maximum Gasteiger partial charge on any atom is 0.161 e. The van der Waals surface area contributed by atoms with Crippen molar-refractivity contribution in [2.45, 2.75) is 26.9 Å². The van der Waals surface area contributed by atoms with Crippen LogP contribution in [0, 0.1) is 13.8 Å². The zero-order valence-corrected chi connectivity index (χ0v) is 14.6. The molecule has 0 bridgehead atoms. The second kappa shape index (κ2) is 5.84. The molecule has 0 saturated heterocycles. The van der Waals surface area contributed by atoms with E-state index in [0.717, 1.165) is 28.2 Å². The standard InChI is InChI=1S/C20H21N3O2/c1-4-25-19-11-14(6-8-18(19)24)20-21-16-7-5-12(2)9-15(16)17-10-13(3)22-23(17)20/h5-11,20-21,24H,4H2,1-3H3. The van der Waals surface area contributed by atoms with Gasteiger partial charge in [-0.3, -0.25) is 0 Å². The fourth-order valence-corrected chi connectivity index (χ4v) is 3.32. The molecular formula is C20H21N3O2. The van der Waals surface area contributed by atoms with Crippen molar-refractivity contribution in [1.29, 1.82) is 0 Å². The van der Waals surface area contributed by atoms with Gasteiger partial charge >= 0.3 is 0 Å². The van der Waals surface area contributed by atoms with Crippen molar-refractivity contribution in [2.24, 2.45) is 0 Å². The lowest BCUT2D eigenvalue weighted by atomic mass is 10.0. The van der Waals surface area contributed by atoms with E-state index in [1.54, 1.807) is 6.07 Å². The Bertz CT molecular complexity index is 946. The summed E-state index contributed by atoms with van der Waals surface area (Å²) in [5.41, 5.74) is 6.49. The van der Waals surface area contributed by atoms with Crippen molar-refractivity contribution < 1.29 is 9.84 Å². The number of rotatable bonds is 3. The highest BCUT2D eigenvalue weighted by Gasteiger charge is 2.27. The van der Waals surface area contributed by atoms with Gasteiger partial charge in [0.1, 0.15) is 6.17 Å². The Morgan fingerprint density at radius 2 is 2.00 bits per heavy atom. The molecule has 1 aliphatic heterocycles. The second-order valence-corrected chi connectivity index (χ2v) is 6.37. The average Bonchev–Trinajstić information content (AvgIpc) is 2.98. The third-order valence-electron chi connectivity index (χ3n) is 4.45. The number of fused-ring (bicyclic) bond motifs is 3. The van der Waals surface area contributed by atoms with Gasteiger partial charge in [-0.25, -0.2) is 4.68 Å². The Morgan fingerprint density at radius 1 is 1.16 bits per heavy atom. The van der Waals surface area contributed by atoms with Crippen molar-refractivity contribution >= 4 is 5.69 Å². The van der Waals surface area contributed by atoms with Crippen molar-refractivity contribution in [1.82, 2.24) is 9.78 Å². The number of ether oxygens (including phenoxy) is 1. The number of nitrogens with zero attached hydrogens (tertiary/aromatic N) is 2. The van der Waals surface area contributed by atoms with Gasteiger partial charge in [0.2, 0.25) is 0 Å².